The van der Waals surface area contributed by atoms with Gasteiger partial charge in [-0.05, 0) is 16.0 Å². The summed E-state index contributed by atoms with van der Waals surface area (Å²) in [6.45, 7) is 0. The normalized spacial score (nSPS) is 11.7. The van der Waals surface area contributed by atoms with Crippen LogP contribution in [0.1, 0.15) is 5.56 Å². The summed E-state index contributed by atoms with van der Waals surface area (Å²) in [5.74, 6) is 0.489. The van der Waals surface area contributed by atoms with Crippen LogP contribution in [0.2, 0.25) is 0 Å². The molecule has 0 amide bonds. The van der Waals surface area contributed by atoms with Crippen LogP contribution in [-0.4, -0.2) is 41.2 Å². The number of nitrogens with one attached hydrogen (secondary N) is 1. The molecule has 4 rings (SSSR count). The molecule has 3 heterocycles. The predicted octanol–water partition coefficient (Wildman–Crippen LogP) is 0.852. The maximum atomic E-state index is 4.38. The molecule has 1 aromatic carbocycles. The van der Waals surface area contributed by atoms with E-state index in [2.05, 4.69) is 36.3 Å². The van der Waals surface area contributed by atoms with Gasteiger partial charge in [-0.25, -0.2) is 0 Å². The maximum absolute atomic E-state index is 4.38. The first-order chi connectivity index (χ1) is 10.8. The van der Waals surface area contributed by atoms with Gasteiger partial charge in [-0.3, -0.25) is 10.1 Å². The van der Waals surface area contributed by atoms with Crippen molar-refractivity contribution in [2.75, 3.05) is 5.43 Å². The Bertz CT molecular complexity index is 967. The van der Waals surface area contributed by atoms with E-state index >= 15 is 0 Å². The SMILES string of the molecule is Cn1cc2c(n1)c(N/N=C/c1ccccc1)nn1nnnc21. The molecule has 0 aliphatic rings. The lowest BCUT2D eigenvalue weighted by atomic mass is 10.2. The first kappa shape index (κ1) is 12.4. The molecule has 0 aliphatic heterocycles. The van der Waals surface area contributed by atoms with Crippen molar-refractivity contribution in [1.82, 2.24) is 35.0 Å². The molecule has 0 fully saturated rings. The number of nitrogens with zero attached hydrogens (tertiary/aromatic N) is 8. The van der Waals surface area contributed by atoms with Crippen LogP contribution in [-0.2, 0) is 7.05 Å². The summed E-state index contributed by atoms with van der Waals surface area (Å²) in [7, 11) is 1.83. The maximum Gasteiger partial charge on any atom is 0.211 e. The molecular weight excluding hydrogens is 282 g/mol. The van der Waals surface area contributed by atoms with Crippen molar-refractivity contribution < 1.29 is 0 Å². The molecule has 22 heavy (non-hydrogen) atoms. The van der Waals surface area contributed by atoms with Crippen LogP contribution < -0.4 is 5.43 Å². The zero-order valence-corrected chi connectivity index (χ0v) is 11.6. The second-order valence-electron chi connectivity index (χ2n) is 4.69. The third-order valence-electron chi connectivity index (χ3n) is 3.13. The quantitative estimate of drug-likeness (QED) is 0.444. The van der Waals surface area contributed by atoms with Crippen LogP contribution in [0.15, 0.2) is 41.6 Å². The van der Waals surface area contributed by atoms with Crippen LogP contribution in [0.4, 0.5) is 5.82 Å². The fourth-order valence-electron chi connectivity index (χ4n) is 2.16. The van der Waals surface area contributed by atoms with Crippen LogP contribution in [0.25, 0.3) is 16.6 Å². The molecule has 0 saturated carbocycles. The third-order valence-corrected chi connectivity index (χ3v) is 3.13. The summed E-state index contributed by atoms with van der Waals surface area (Å²) in [5, 5.41) is 25.1. The van der Waals surface area contributed by atoms with Gasteiger partial charge in [0.2, 0.25) is 5.65 Å². The topological polar surface area (TPSA) is 98.2 Å². The van der Waals surface area contributed by atoms with Crippen LogP contribution in [0.3, 0.4) is 0 Å². The van der Waals surface area contributed by atoms with Gasteiger partial charge in [0.15, 0.2) is 5.82 Å². The van der Waals surface area contributed by atoms with Gasteiger partial charge in [-0.15, -0.1) is 14.8 Å². The summed E-state index contributed by atoms with van der Waals surface area (Å²) in [5.41, 5.74) is 5.10. The predicted molar refractivity (Wildman–Crippen MR) is 80.5 cm³/mol. The minimum absolute atomic E-state index is 0.489. The number of hydrogen-bond acceptors (Lipinski definition) is 7. The number of aromatic nitrogens is 7. The van der Waals surface area contributed by atoms with E-state index in [-0.39, 0.29) is 0 Å². The Labute approximate surface area is 124 Å². The van der Waals surface area contributed by atoms with E-state index in [1.165, 1.54) is 4.63 Å². The highest BCUT2D eigenvalue weighted by molar-refractivity contribution is 5.96. The van der Waals surface area contributed by atoms with Crippen molar-refractivity contribution in [3.05, 3.63) is 42.1 Å². The molecule has 0 spiro atoms. The highest BCUT2D eigenvalue weighted by Crippen LogP contribution is 2.21. The van der Waals surface area contributed by atoms with Gasteiger partial charge < -0.3 is 0 Å². The van der Waals surface area contributed by atoms with E-state index < -0.39 is 0 Å². The van der Waals surface area contributed by atoms with Gasteiger partial charge in [0.05, 0.1) is 11.6 Å². The van der Waals surface area contributed by atoms with Crippen LogP contribution in [0, 0.1) is 0 Å². The average Bonchev–Trinajstić information content (AvgIpc) is 3.13. The Kier molecular flexibility index (Phi) is 2.75. The Morgan fingerprint density at radius 1 is 1.18 bits per heavy atom. The van der Waals surface area contributed by atoms with E-state index in [4.69, 9.17) is 0 Å². The number of benzene rings is 1. The number of anilines is 1. The molecule has 0 unspecified atom stereocenters. The van der Waals surface area contributed by atoms with E-state index in [1.54, 1.807) is 10.9 Å². The number of aryl methyl sites for hydroxylation is 1. The summed E-state index contributed by atoms with van der Waals surface area (Å²) >= 11 is 0. The number of tetrazole rings is 1. The molecule has 0 saturated heterocycles. The zero-order valence-electron chi connectivity index (χ0n) is 11.6. The average molecular weight is 293 g/mol. The monoisotopic (exact) mass is 293 g/mol. The van der Waals surface area contributed by atoms with E-state index in [0.717, 1.165) is 10.9 Å². The van der Waals surface area contributed by atoms with Gasteiger partial charge in [-0.2, -0.15) is 10.2 Å². The van der Waals surface area contributed by atoms with Gasteiger partial charge in [0.1, 0.15) is 5.52 Å². The third kappa shape index (κ3) is 2.04. The molecule has 3 aromatic heterocycles. The molecule has 0 atom stereocenters. The second-order valence-corrected chi connectivity index (χ2v) is 4.69. The lowest BCUT2D eigenvalue weighted by molar-refractivity contribution is 0.736. The second kappa shape index (κ2) is 4.88. The molecule has 1 N–H and O–H groups in total. The minimum Gasteiger partial charge on any atom is -0.274 e. The van der Waals surface area contributed by atoms with Crippen molar-refractivity contribution in [3.8, 4) is 0 Å². The minimum atomic E-state index is 0.489. The van der Waals surface area contributed by atoms with E-state index in [0.29, 0.717) is 17.0 Å². The fraction of sp³-hybridized carbons (Fsp3) is 0.0769. The van der Waals surface area contributed by atoms with E-state index in [1.807, 2.05) is 43.6 Å². The molecule has 9 nitrogen and oxygen atoms in total. The van der Waals surface area contributed by atoms with Crippen LogP contribution in [0.5, 0.6) is 0 Å². The first-order valence-corrected chi connectivity index (χ1v) is 6.57. The molecule has 9 heteroatoms. The van der Waals surface area contributed by atoms with E-state index in [9.17, 15) is 0 Å². The zero-order chi connectivity index (χ0) is 14.9. The smallest absolute Gasteiger partial charge is 0.211 e. The molecule has 108 valence electrons. The van der Waals surface area contributed by atoms with Crippen molar-refractivity contribution in [3.63, 3.8) is 0 Å². The number of fused-ring (bicyclic) bond motifs is 3. The molecule has 4 aromatic rings. The highest BCUT2D eigenvalue weighted by atomic mass is 15.6. The summed E-state index contributed by atoms with van der Waals surface area (Å²) in [6.07, 6.45) is 3.55. The lowest BCUT2D eigenvalue weighted by Crippen LogP contribution is -2.02. The summed E-state index contributed by atoms with van der Waals surface area (Å²) in [6, 6.07) is 9.77. The van der Waals surface area contributed by atoms with Gasteiger partial charge in [0.25, 0.3) is 0 Å². The molecule has 0 aliphatic carbocycles. The van der Waals surface area contributed by atoms with Gasteiger partial charge >= 0.3 is 0 Å². The first-order valence-electron chi connectivity index (χ1n) is 6.57. The Hall–Kier alpha value is -3.36. The van der Waals surface area contributed by atoms with Gasteiger partial charge in [0, 0.05) is 13.2 Å². The molecule has 0 bridgehead atoms. The van der Waals surface area contributed by atoms with Crippen molar-refractivity contribution in [1.29, 1.82) is 0 Å². The van der Waals surface area contributed by atoms with Gasteiger partial charge in [-0.1, -0.05) is 30.3 Å². The lowest BCUT2D eigenvalue weighted by Gasteiger charge is -2.00. The van der Waals surface area contributed by atoms with Crippen molar-refractivity contribution in [2.24, 2.45) is 12.1 Å². The van der Waals surface area contributed by atoms with Crippen molar-refractivity contribution >= 4 is 28.6 Å². The number of hydrazone groups is 1. The number of hydrogen-bond donors (Lipinski definition) is 1. The Morgan fingerprint density at radius 3 is 2.91 bits per heavy atom. The summed E-state index contributed by atoms with van der Waals surface area (Å²) in [4.78, 5) is 0. The Balaban J connectivity index is 1.75. The van der Waals surface area contributed by atoms with Crippen molar-refractivity contribution in [2.45, 2.75) is 0 Å². The number of rotatable bonds is 3. The standard InChI is InChI=1S/C13H11N9/c1-21-8-10-11(17-21)12(18-22-13(10)16-19-20-22)15-14-7-9-5-3-2-4-6-9/h2-8H,1H3,(H,15,18)/b14-7+. The molecule has 0 radical (unpaired) electrons. The van der Waals surface area contributed by atoms with Crippen LogP contribution >= 0.6 is 0 Å². The fourth-order valence-corrected chi connectivity index (χ4v) is 2.16. The highest BCUT2D eigenvalue weighted by Gasteiger charge is 2.13. The summed E-state index contributed by atoms with van der Waals surface area (Å²) < 4.78 is 3.04. The molecular formula is C13H11N9. The largest absolute Gasteiger partial charge is 0.274 e. The Morgan fingerprint density at radius 2 is 2.05 bits per heavy atom.